The van der Waals surface area contributed by atoms with Crippen molar-refractivity contribution in [2.75, 3.05) is 5.73 Å². The second kappa shape index (κ2) is 4.62. The fourth-order valence-electron chi connectivity index (χ4n) is 2.01. The molecule has 4 nitrogen and oxygen atoms in total. The van der Waals surface area contributed by atoms with E-state index in [0.717, 1.165) is 4.47 Å². The van der Waals surface area contributed by atoms with Crippen LogP contribution in [0.25, 0.3) is 16.9 Å². The lowest BCUT2D eigenvalue weighted by Gasteiger charge is -2.01. The molecule has 2 heterocycles. The Bertz CT molecular complexity index is 863. The number of benzene rings is 1. The van der Waals surface area contributed by atoms with Gasteiger partial charge in [0, 0.05) is 16.2 Å². The molecule has 0 atom stereocenters. The number of nitriles is 1. The van der Waals surface area contributed by atoms with Gasteiger partial charge in [-0.05, 0) is 46.3 Å². The van der Waals surface area contributed by atoms with E-state index in [9.17, 15) is 4.39 Å². The van der Waals surface area contributed by atoms with Crippen LogP contribution in [-0.4, -0.2) is 9.38 Å². The highest BCUT2D eigenvalue weighted by Crippen LogP contribution is 2.28. The first kappa shape index (κ1) is 12.6. The maximum Gasteiger partial charge on any atom is 0.140 e. The van der Waals surface area contributed by atoms with Crippen molar-refractivity contribution < 1.29 is 4.39 Å². The van der Waals surface area contributed by atoms with E-state index in [1.807, 2.05) is 18.2 Å². The molecule has 3 aromatic rings. The molecular weight excluding hydrogens is 323 g/mol. The first-order valence-electron chi connectivity index (χ1n) is 5.73. The summed E-state index contributed by atoms with van der Waals surface area (Å²) in [5.74, 6) is -0.113. The lowest BCUT2D eigenvalue weighted by atomic mass is 10.1. The van der Waals surface area contributed by atoms with Gasteiger partial charge in [0.15, 0.2) is 0 Å². The predicted molar refractivity (Wildman–Crippen MR) is 77.4 cm³/mol. The third kappa shape index (κ3) is 1.92. The Balaban J connectivity index is 2.25. The summed E-state index contributed by atoms with van der Waals surface area (Å²) in [6, 6.07) is 9.74. The van der Waals surface area contributed by atoms with Crippen molar-refractivity contribution in [3.63, 3.8) is 0 Å². The molecule has 20 heavy (non-hydrogen) atoms. The number of fused-ring (bicyclic) bond motifs is 1. The van der Waals surface area contributed by atoms with Gasteiger partial charge in [-0.3, -0.25) is 4.40 Å². The molecule has 0 radical (unpaired) electrons. The summed E-state index contributed by atoms with van der Waals surface area (Å²) in [5, 5.41) is 8.88. The topological polar surface area (TPSA) is 67.1 Å². The molecule has 0 saturated heterocycles. The molecule has 0 unspecified atom stereocenters. The van der Waals surface area contributed by atoms with Gasteiger partial charge in [-0.2, -0.15) is 5.26 Å². The average Bonchev–Trinajstić information content (AvgIpc) is 2.77. The van der Waals surface area contributed by atoms with Crippen molar-refractivity contribution in [2.45, 2.75) is 0 Å². The van der Waals surface area contributed by atoms with E-state index in [2.05, 4.69) is 20.9 Å². The standard InChI is InChI=1S/C14H8BrFN4/c15-10-2-4-12-19-13(14(18)20(12)7-10)8-1-3-11(16)9(5-8)6-17/h1-5,7H,18H2. The molecule has 98 valence electrons. The number of pyridine rings is 1. The van der Waals surface area contributed by atoms with Gasteiger partial charge in [0.05, 0.1) is 5.56 Å². The molecule has 0 aliphatic rings. The molecule has 2 aromatic heterocycles. The van der Waals surface area contributed by atoms with Crippen LogP contribution in [0.3, 0.4) is 0 Å². The maximum atomic E-state index is 13.4. The summed E-state index contributed by atoms with van der Waals surface area (Å²) < 4.78 is 16.0. The maximum absolute atomic E-state index is 13.4. The van der Waals surface area contributed by atoms with E-state index in [-0.39, 0.29) is 5.56 Å². The summed E-state index contributed by atoms with van der Waals surface area (Å²) >= 11 is 3.37. The lowest BCUT2D eigenvalue weighted by molar-refractivity contribution is 0.624. The van der Waals surface area contributed by atoms with E-state index >= 15 is 0 Å². The molecule has 0 saturated carbocycles. The van der Waals surface area contributed by atoms with E-state index in [1.165, 1.54) is 12.1 Å². The molecule has 6 heteroatoms. The molecule has 0 aliphatic heterocycles. The van der Waals surface area contributed by atoms with E-state index < -0.39 is 5.82 Å². The summed E-state index contributed by atoms with van der Waals surface area (Å²) in [6.45, 7) is 0. The molecule has 0 amide bonds. The molecule has 0 bridgehead atoms. The number of anilines is 1. The van der Waals surface area contributed by atoms with Gasteiger partial charge in [0.2, 0.25) is 0 Å². The number of hydrogen-bond acceptors (Lipinski definition) is 3. The second-order valence-electron chi connectivity index (χ2n) is 4.23. The van der Waals surface area contributed by atoms with Crippen LogP contribution in [0.4, 0.5) is 10.2 Å². The quantitative estimate of drug-likeness (QED) is 0.743. The van der Waals surface area contributed by atoms with Crippen molar-refractivity contribution in [1.82, 2.24) is 9.38 Å². The fourth-order valence-corrected chi connectivity index (χ4v) is 2.34. The zero-order chi connectivity index (χ0) is 14.3. The monoisotopic (exact) mass is 330 g/mol. The van der Waals surface area contributed by atoms with Gasteiger partial charge in [0.25, 0.3) is 0 Å². The van der Waals surface area contributed by atoms with Crippen molar-refractivity contribution in [1.29, 1.82) is 5.26 Å². The molecule has 1 aromatic carbocycles. The molecule has 3 rings (SSSR count). The number of rotatable bonds is 1. The Hall–Kier alpha value is -2.39. The van der Waals surface area contributed by atoms with Crippen LogP contribution in [-0.2, 0) is 0 Å². The third-order valence-electron chi connectivity index (χ3n) is 2.98. The van der Waals surface area contributed by atoms with Gasteiger partial charge < -0.3 is 5.73 Å². The highest BCUT2D eigenvalue weighted by atomic mass is 79.9. The second-order valence-corrected chi connectivity index (χ2v) is 5.14. The van der Waals surface area contributed by atoms with Gasteiger partial charge in [-0.15, -0.1) is 0 Å². The van der Waals surface area contributed by atoms with Crippen LogP contribution in [0.2, 0.25) is 0 Å². The largest absolute Gasteiger partial charge is 0.383 e. The SMILES string of the molecule is N#Cc1cc(-c2nc3ccc(Br)cn3c2N)ccc1F. The Kier molecular flexibility index (Phi) is 2.92. The minimum absolute atomic E-state index is 0.0277. The first-order chi connectivity index (χ1) is 9.60. The van der Waals surface area contributed by atoms with E-state index in [1.54, 1.807) is 16.7 Å². The Morgan fingerprint density at radius 1 is 1.30 bits per heavy atom. The summed E-state index contributed by atoms with van der Waals surface area (Å²) in [4.78, 5) is 4.41. The van der Waals surface area contributed by atoms with Gasteiger partial charge in [-0.25, -0.2) is 9.37 Å². The lowest BCUT2D eigenvalue weighted by Crippen LogP contribution is -1.94. The number of nitrogens with two attached hydrogens (primary N) is 1. The number of hydrogen-bond donors (Lipinski definition) is 1. The Morgan fingerprint density at radius 3 is 2.85 bits per heavy atom. The Labute approximate surface area is 122 Å². The van der Waals surface area contributed by atoms with Crippen molar-refractivity contribution >= 4 is 27.4 Å². The smallest absolute Gasteiger partial charge is 0.140 e. The van der Waals surface area contributed by atoms with Crippen LogP contribution < -0.4 is 5.73 Å². The van der Waals surface area contributed by atoms with Gasteiger partial charge in [0.1, 0.15) is 29.0 Å². The van der Waals surface area contributed by atoms with Crippen LogP contribution >= 0.6 is 15.9 Å². The van der Waals surface area contributed by atoms with E-state index in [4.69, 9.17) is 11.0 Å². The zero-order valence-corrected chi connectivity index (χ0v) is 11.7. The number of aromatic nitrogens is 2. The molecular formula is C14H8BrFN4. The van der Waals surface area contributed by atoms with Gasteiger partial charge in [-0.1, -0.05) is 0 Å². The zero-order valence-electron chi connectivity index (χ0n) is 10.1. The minimum Gasteiger partial charge on any atom is -0.383 e. The molecule has 0 aliphatic carbocycles. The summed E-state index contributed by atoms with van der Waals surface area (Å²) in [5.41, 5.74) is 7.87. The third-order valence-corrected chi connectivity index (χ3v) is 3.45. The summed E-state index contributed by atoms with van der Waals surface area (Å²) in [6.07, 6.45) is 1.80. The van der Waals surface area contributed by atoms with Crippen molar-refractivity contribution in [3.05, 3.63) is 52.4 Å². The molecule has 0 spiro atoms. The molecule has 2 N–H and O–H groups in total. The average molecular weight is 331 g/mol. The van der Waals surface area contributed by atoms with Crippen LogP contribution in [0.5, 0.6) is 0 Å². The predicted octanol–water partition coefficient (Wildman–Crippen LogP) is 3.36. The highest BCUT2D eigenvalue weighted by molar-refractivity contribution is 9.10. The number of halogens is 2. The van der Waals surface area contributed by atoms with Crippen LogP contribution in [0.1, 0.15) is 5.56 Å². The fraction of sp³-hybridized carbons (Fsp3) is 0. The van der Waals surface area contributed by atoms with Crippen molar-refractivity contribution in [2.24, 2.45) is 0 Å². The Morgan fingerprint density at radius 2 is 2.10 bits per heavy atom. The highest BCUT2D eigenvalue weighted by Gasteiger charge is 2.13. The minimum atomic E-state index is -0.554. The summed E-state index contributed by atoms with van der Waals surface area (Å²) in [7, 11) is 0. The van der Waals surface area contributed by atoms with Gasteiger partial charge >= 0.3 is 0 Å². The van der Waals surface area contributed by atoms with Crippen LogP contribution in [0.15, 0.2) is 41.0 Å². The normalized spacial score (nSPS) is 10.7. The van der Waals surface area contributed by atoms with Crippen LogP contribution in [0, 0.1) is 17.1 Å². The molecule has 0 fully saturated rings. The number of imidazole rings is 1. The first-order valence-corrected chi connectivity index (χ1v) is 6.52. The van der Waals surface area contributed by atoms with Crippen molar-refractivity contribution in [3.8, 4) is 17.3 Å². The number of nitrogen functional groups attached to an aromatic ring is 1. The van der Waals surface area contributed by atoms with E-state index in [0.29, 0.717) is 22.7 Å². The number of nitrogens with zero attached hydrogens (tertiary/aromatic N) is 3.